The maximum Gasteiger partial charge on any atom is 0.217 e. The van der Waals surface area contributed by atoms with Gasteiger partial charge in [0.05, 0.1) is 0 Å². The molecule has 0 aliphatic rings. The second-order valence-corrected chi connectivity index (χ2v) is 2.40. The third kappa shape index (κ3) is 5.47. The number of carbonyl (C=O) groups excluding carboxylic acids is 1. The summed E-state index contributed by atoms with van der Waals surface area (Å²) in [6.07, 6.45) is 1.44. The molecular formula is C6H13NO. The summed E-state index contributed by atoms with van der Waals surface area (Å²) in [7, 11) is 0. The van der Waals surface area contributed by atoms with Crippen molar-refractivity contribution in [1.29, 1.82) is 0 Å². The van der Waals surface area contributed by atoms with E-state index in [1.165, 1.54) is 0 Å². The first-order chi connectivity index (χ1) is 3.63. The fourth-order valence-corrected chi connectivity index (χ4v) is 0.431. The zero-order valence-electron chi connectivity index (χ0n) is 5.48. The summed E-state index contributed by atoms with van der Waals surface area (Å²) < 4.78 is 0. The molecule has 0 atom stereocenters. The van der Waals surface area contributed by atoms with Crippen LogP contribution >= 0.6 is 0 Å². The molecule has 0 unspecified atom stereocenters. The van der Waals surface area contributed by atoms with Gasteiger partial charge >= 0.3 is 0 Å². The number of rotatable bonds is 3. The highest BCUT2D eigenvalue weighted by Gasteiger charge is 1.96. The Kier molecular flexibility index (Phi) is 3.24. The maximum absolute atomic E-state index is 10.1. The Hall–Kier alpha value is -0.530. The third-order valence-corrected chi connectivity index (χ3v) is 0.968. The van der Waals surface area contributed by atoms with Crippen molar-refractivity contribution in [3.63, 3.8) is 0 Å². The van der Waals surface area contributed by atoms with Crippen LogP contribution in [0.3, 0.4) is 0 Å². The van der Waals surface area contributed by atoms with E-state index in [9.17, 15) is 4.79 Å². The predicted octanol–water partition coefficient (Wildman–Crippen LogP) is 0.908. The molecule has 48 valence electrons. The summed E-state index contributed by atoms with van der Waals surface area (Å²) in [4.78, 5) is 10.1. The van der Waals surface area contributed by atoms with Crippen LogP contribution in [0.4, 0.5) is 0 Å². The molecule has 2 heteroatoms. The summed E-state index contributed by atoms with van der Waals surface area (Å²) in [5, 5.41) is 0. The van der Waals surface area contributed by atoms with E-state index in [-0.39, 0.29) is 5.91 Å². The Morgan fingerprint density at radius 1 is 1.62 bits per heavy atom. The fraction of sp³-hybridized carbons (Fsp3) is 0.833. The van der Waals surface area contributed by atoms with Gasteiger partial charge in [-0.2, -0.15) is 0 Å². The highest BCUT2D eigenvalue weighted by Crippen LogP contribution is 2.01. The molecule has 0 bridgehead atoms. The first-order valence-corrected chi connectivity index (χ1v) is 2.91. The molecule has 0 heterocycles. The number of amides is 1. The van der Waals surface area contributed by atoms with Crippen LogP contribution < -0.4 is 5.73 Å². The SMILES string of the molecule is CC(C)CCC(N)=O. The molecule has 2 nitrogen and oxygen atoms in total. The summed E-state index contributed by atoms with van der Waals surface area (Å²) >= 11 is 0. The fourth-order valence-electron chi connectivity index (χ4n) is 0.431. The van der Waals surface area contributed by atoms with E-state index in [0.29, 0.717) is 12.3 Å². The summed E-state index contributed by atoms with van der Waals surface area (Å²) in [5.41, 5.74) is 4.90. The van der Waals surface area contributed by atoms with E-state index in [1.54, 1.807) is 0 Å². The predicted molar refractivity (Wildman–Crippen MR) is 33.3 cm³/mol. The first kappa shape index (κ1) is 7.47. The minimum absolute atomic E-state index is 0.196. The van der Waals surface area contributed by atoms with Gasteiger partial charge in [0.25, 0.3) is 0 Å². The topological polar surface area (TPSA) is 43.1 Å². The molecule has 1 amide bonds. The molecule has 8 heavy (non-hydrogen) atoms. The number of carbonyl (C=O) groups is 1. The Morgan fingerprint density at radius 2 is 2.12 bits per heavy atom. The Labute approximate surface area is 50.1 Å². The molecule has 0 aliphatic carbocycles. The van der Waals surface area contributed by atoms with Gasteiger partial charge < -0.3 is 5.73 Å². The van der Waals surface area contributed by atoms with Gasteiger partial charge in [-0.25, -0.2) is 0 Å². The number of primary amides is 1. The van der Waals surface area contributed by atoms with E-state index in [4.69, 9.17) is 5.73 Å². The van der Waals surface area contributed by atoms with Crippen LogP contribution in [0.25, 0.3) is 0 Å². The maximum atomic E-state index is 10.1. The molecule has 2 N–H and O–H groups in total. The largest absolute Gasteiger partial charge is 0.370 e. The molecule has 0 aromatic rings. The molecule has 0 spiro atoms. The van der Waals surface area contributed by atoms with Gasteiger partial charge in [-0.1, -0.05) is 13.8 Å². The van der Waals surface area contributed by atoms with Crippen LogP contribution in [0.15, 0.2) is 0 Å². The van der Waals surface area contributed by atoms with Crippen molar-refractivity contribution in [3.05, 3.63) is 0 Å². The average Bonchev–Trinajstić information content (AvgIpc) is 1.61. The average molecular weight is 115 g/mol. The van der Waals surface area contributed by atoms with Crippen molar-refractivity contribution in [2.24, 2.45) is 11.7 Å². The van der Waals surface area contributed by atoms with E-state index in [2.05, 4.69) is 13.8 Å². The number of hydrogen-bond acceptors (Lipinski definition) is 1. The van der Waals surface area contributed by atoms with E-state index in [0.717, 1.165) is 6.42 Å². The van der Waals surface area contributed by atoms with Crippen molar-refractivity contribution >= 4 is 5.91 Å². The highest BCUT2D eigenvalue weighted by atomic mass is 16.1. The van der Waals surface area contributed by atoms with E-state index in [1.807, 2.05) is 0 Å². The van der Waals surface area contributed by atoms with Crippen molar-refractivity contribution < 1.29 is 4.79 Å². The highest BCUT2D eigenvalue weighted by molar-refractivity contribution is 5.73. The zero-order valence-corrected chi connectivity index (χ0v) is 5.48. The van der Waals surface area contributed by atoms with Crippen LogP contribution in [0, 0.1) is 5.92 Å². The Bertz CT molecular complexity index is 78.6. The molecule has 0 aromatic carbocycles. The Balaban J connectivity index is 3.05. The molecule has 0 aromatic heterocycles. The van der Waals surface area contributed by atoms with E-state index >= 15 is 0 Å². The van der Waals surface area contributed by atoms with Gasteiger partial charge in [-0.3, -0.25) is 4.79 Å². The minimum atomic E-state index is -0.196. The quantitative estimate of drug-likeness (QED) is 0.583. The number of nitrogens with two attached hydrogens (primary N) is 1. The lowest BCUT2D eigenvalue weighted by Crippen LogP contribution is -2.10. The normalized spacial score (nSPS) is 9.88. The first-order valence-electron chi connectivity index (χ1n) is 2.91. The molecule has 0 saturated carbocycles. The molecule has 0 radical (unpaired) electrons. The summed E-state index contributed by atoms with van der Waals surface area (Å²) in [6.45, 7) is 4.14. The number of hydrogen-bond donors (Lipinski definition) is 1. The molecule has 0 fully saturated rings. The van der Waals surface area contributed by atoms with Gasteiger partial charge in [0.2, 0.25) is 5.91 Å². The smallest absolute Gasteiger partial charge is 0.217 e. The third-order valence-electron chi connectivity index (χ3n) is 0.968. The lowest BCUT2D eigenvalue weighted by Gasteiger charge is -1.98. The van der Waals surface area contributed by atoms with Gasteiger partial charge in [0, 0.05) is 6.42 Å². The summed E-state index contributed by atoms with van der Waals surface area (Å²) in [6, 6.07) is 0. The van der Waals surface area contributed by atoms with Gasteiger partial charge in [-0.15, -0.1) is 0 Å². The van der Waals surface area contributed by atoms with Crippen molar-refractivity contribution in [2.45, 2.75) is 26.7 Å². The lowest BCUT2D eigenvalue weighted by atomic mass is 10.1. The van der Waals surface area contributed by atoms with Crippen LogP contribution in [0.5, 0.6) is 0 Å². The van der Waals surface area contributed by atoms with Crippen molar-refractivity contribution in [2.75, 3.05) is 0 Å². The minimum Gasteiger partial charge on any atom is -0.370 e. The standard InChI is InChI=1S/C6H13NO/c1-5(2)3-4-6(7)8/h5H,3-4H2,1-2H3,(H2,7,8). The second-order valence-electron chi connectivity index (χ2n) is 2.40. The van der Waals surface area contributed by atoms with Gasteiger partial charge in [0.1, 0.15) is 0 Å². The van der Waals surface area contributed by atoms with Crippen LogP contribution in [-0.2, 0) is 4.79 Å². The molecular weight excluding hydrogens is 102 g/mol. The van der Waals surface area contributed by atoms with E-state index < -0.39 is 0 Å². The molecule has 0 rings (SSSR count). The van der Waals surface area contributed by atoms with Crippen LogP contribution in [0.1, 0.15) is 26.7 Å². The summed E-state index contributed by atoms with van der Waals surface area (Å²) in [5.74, 6) is 0.390. The monoisotopic (exact) mass is 115 g/mol. The van der Waals surface area contributed by atoms with Crippen LogP contribution in [-0.4, -0.2) is 5.91 Å². The molecule has 0 saturated heterocycles. The van der Waals surface area contributed by atoms with Gasteiger partial charge in [0.15, 0.2) is 0 Å². The van der Waals surface area contributed by atoms with Crippen molar-refractivity contribution in [1.82, 2.24) is 0 Å². The van der Waals surface area contributed by atoms with Gasteiger partial charge in [-0.05, 0) is 12.3 Å². The second kappa shape index (κ2) is 3.47. The molecule has 0 aliphatic heterocycles. The zero-order chi connectivity index (χ0) is 6.57. The van der Waals surface area contributed by atoms with Crippen molar-refractivity contribution in [3.8, 4) is 0 Å². The van der Waals surface area contributed by atoms with Crippen LogP contribution in [0.2, 0.25) is 0 Å². The lowest BCUT2D eigenvalue weighted by molar-refractivity contribution is -0.118. The Morgan fingerprint density at radius 3 is 2.25 bits per heavy atom.